The average Bonchev–Trinajstić information content (AvgIpc) is 3.65. The van der Waals surface area contributed by atoms with E-state index in [4.69, 9.17) is 22.7 Å². The number of halogens is 1. The second-order valence-electron chi connectivity index (χ2n) is 10.8. The number of aromatic nitrogens is 1. The van der Waals surface area contributed by atoms with E-state index in [9.17, 15) is 34.9 Å². The van der Waals surface area contributed by atoms with E-state index in [0.717, 1.165) is 15.7 Å². The fourth-order valence-electron chi connectivity index (χ4n) is 5.21. The number of esters is 1. The summed E-state index contributed by atoms with van der Waals surface area (Å²) in [6, 6.07) is 29.5. The van der Waals surface area contributed by atoms with Crippen LogP contribution in [0.3, 0.4) is 0 Å². The van der Waals surface area contributed by atoms with E-state index >= 15 is 0 Å². The molecule has 0 fully saturated rings. The van der Waals surface area contributed by atoms with Crippen LogP contribution >= 0.6 is 39.5 Å². The predicted octanol–water partition coefficient (Wildman–Crippen LogP) is 9.20. The van der Waals surface area contributed by atoms with Crippen molar-refractivity contribution in [3.63, 3.8) is 0 Å². The lowest BCUT2D eigenvalue weighted by Gasteiger charge is -2.10. The molecule has 1 heterocycles. The number of hydrogen-bond donors (Lipinski definition) is 2. The van der Waals surface area contributed by atoms with Crippen LogP contribution in [0, 0.1) is 20.2 Å². The topological polar surface area (TPSA) is 189 Å². The number of rotatable bonds is 9. The van der Waals surface area contributed by atoms with Gasteiger partial charge in [0.25, 0.3) is 11.4 Å². The summed E-state index contributed by atoms with van der Waals surface area (Å²) in [4.78, 5) is 50.2. The third-order valence-corrected chi connectivity index (χ3v) is 9.23. The molecule has 0 amide bonds. The second-order valence-corrected chi connectivity index (χ2v) is 13.0. The molecule has 1 aromatic heterocycles. The molecule has 0 saturated carbocycles. The molecule has 0 bridgehead atoms. The van der Waals surface area contributed by atoms with Gasteiger partial charge in [-0.3, -0.25) is 20.2 Å². The van der Waals surface area contributed by atoms with Crippen molar-refractivity contribution in [1.29, 1.82) is 0 Å². The number of methoxy groups -OCH3 is 1. The number of benzene rings is 5. The molecule has 6 rings (SSSR count). The first-order valence-electron chi connectivity index (χ1n) is 15.0. The number of thiazole rings is 1. The van der Waals surface area contributed by atoms with Crippen LogP contribution in [0.2, 0.25) is 0 Å². The van der Waals surface area contributed by atoms with Gasteiger partial charge in [-0.25, -0.2) is 14.6 Å². The van der Waals surface area contributed by atoms with E-state index in [-0.39, 0.29) is 33.1 Å². The van der Waals surface area contributed by atoms with E-state index in [0.29, 0.717) is 32.8 Å². The first-order chi connectivity index (χ1) is 24.9. The maximum Gasteiger partial charge on any atom is 0.338 e. The molecule has 6 aromatic rings. The van der Waals surface area contributed by atoms with Crippen molar-refractivity contribution in [3.8, 4) is 44.1 Å². The molecule has 0 unspecified atom stereocenters. The number of thiocarbonyl (C=S) groups is 1. The number of nitro benzene ring substituents is 2. The van der Waals surface area contributed by atoms with Crippen LogP contribution in [0.5, 0.6) is 0 Å². The number of carboxylic acid groups (broad SMARTS) is 1. The van der Waals surface area contributed by atoms with Crippen molar-refractivity contribution >= 4 is 67.8 Å². The number of hydrogen-bond acceptors (Lipinski definition) is 10. The predicted molar refractivity (Wildman–Crippen MR) is 205 cm³/mol. The third-order valence-electron chi connectivity index (χ3n) is 7.61. The van der Waals surface area contributed by atoms with Gasteiger partial charge >= 0.3 is 11.9 Å². The maximum atomic E-state index is 12.0. The number of para-hydroxylation sites is 2. The van der Waals surface area contributed by atoms with E-state index in [1.54, 1.807) is 60.7 Å². The van der Waals surface area contributed by atoms with Crippen molar-refractivity contribution in [3.05, 3.63) is 156 Å². The Morgan fingerprint density at radius 2 is 1.38 bits per heavy atom. The number of carboxylic acids is 1. The van der Waals surface area contributed by atoms with Crippen LogP contribution in [0.25, 0.3) is 44.1 Å². The summed E-state index contributed by atoms with van der Waals surface area (Å²) >= 11 is 9.74. The summed E-state index contributed by atoms with van der Waals surface area (Å²) in [7, 11) is 1.24. The molecule has 0 aliphatic heterocycles. The normalized spacial score (nSPS) is 10.4. The standard InChI is InChI=1S/C22H13BrN2O4S.C15H12N2O4S/c23-15-5-3-4-13(10-15)19-12-30-21(24-19)14-8-9-16(18(11-14)22(26)27)17-6-1-2-7-20(17)25(28)29;1-21-15(18)12-8-9(14(16)22)6-7-10(12)11-4-2-3-5-13(11)17(19)20/h1-12H,(H,26,27);2-8H,1H3,(H2,16,22). The number of ether oxygens (including phenoxy) is 1. The summed E-state index contributed by atoms with van der Waals surface area (Å²) in [5.41, 5.74) is 9.60. The van der Waals surface area contributed by atoms with E-state index in [1.165, 1.54) is 42.7 Å². The molecule has 15 heteroatoms. The molecule has 52 heavy (non-hydrogen) atoms. The monoisotopic (exact) mass is 796 g/mol. The Kier molecular flexibility index (Phi) is 11.6. The van der Waals surface area contributed by atoms with Crippen molar-refractivity contribution < 1.29 is 29.3 Å². The molecule has 0 aliphatic rings. The summed E-state index contributed by atoms with van der Waals surface area (Å²) in [5, 5.41) is 34.9. The molecule has 260 valence electrons. The number of nitrogens with zero attached hydrogens (tertiary/aromatic N) is 3. The summed E-state index contributed by atoms with van der Waals surface area (Å²) in [6.45, 7) is 0. The van der Waals surface area contributed by atoms with E-state index < -0.39 is 21.8 Å². The highest BCUT2D eigenvalue weighted by Gasteiger charge is 2.23. The summed E-state index contributed by atoms with van der Waals surface area (Å²) in [5.74, 6) is -1.78. The Labute approximate surface area is 313 Å². The molecule has 0 aliphatic carbocycles. The van der Waals surface area contributed by atoms with Gasteiger partial charge in [0, 0.05) is 49.8 Å². The third kappa shape index (κ3) is 8.24. The Morgan fingerprint density at radius 3 is 1.94 bits per heavy atom. The minimum atomic E-state index is -1.16. The van der Waals surface area contributed by atoms with Gasteiger partial charge in [0.2, 0.25) is 0 Å². The molecule has 0 atom stereocenters. The number of carbonyl (C=O) groups excluding carboxylic acids is 1. The number of carbonyl (C=O) groups is 2. The molecule has 3 N–H and O–H groups in total. The Morgan fingerprint density at radius 1 is 0.788 bits per heavy atom. The van der Waals surface area contributed by atoms with Gasteiger partial charge in [0.15, 0.2) is 0 Å². The smallest absolute Gasteiger partial charge is 0.338 e. The van der Waals surface area contributed by atoms with Gasteiger partial charge in [-0.2, -0.15) is 0 Å². The van der Waals surface area contributed by atoms with Gasteiger partial charge in [0.05, 0.1) is 44.9 Å². The van der Waals surface area contributed by atoms with Crippen LogP contribution in [0.15, 0.2) is 119 Å². The number of nitrogens with two attached hydrogens (primary N) is 1. The van der Waals surface area contributed by atoms with E-state index in [1.807, 2.05) is 29.6 Å². The largest absolute Gasteiger partial charge is 0.478 e. The molecule has 0 radical (unpaired) electrons. The van der Waals surface area contributed by atoms with Crippen LogP contribution in [0.4, 0.5) is 11.4 Å². The van der Waals surface area contributed by atoms with Crippen LogP contribution in [-0.2, 0) is 4.74 Å². The number of aromatic carboxylic acids is 1. The minimum Gasteiger partial charge on any atom is -0.478 e. The molecular weight excluding hydrogens is 772 g/mol. The van der Waals surface area contributed by atoms with Crippen LogP contribution < -0.4 is 5.73 Å². The van der Waals surface area contributed by atoms with Crippen LogP contribution in [0.1, 0.15) is 26.3 Å². The lowest BCUT2D eigenvalue weighted by molar-refractivity contribution is -0.384. The van der Waals surface area contributed by atoms with E-state index in [2.05, 4.69) is 20.9 Å². The molecule has 0 spiro atoms. The summed E-state index contributed by atoms with van der Waals surface area (Å²) in [6.07, 6.45) is 0. The van der Waals surface area contributed by atoms with Gasteiger partial charge in [0.1, 0.15) is 10.00 Å². The lowest BCUT2D eigenvalue weighted by Crippen LogP contribution is -2.12. The lowest BCUT2D eigenvalue weighted by atomic mass is 9.96. The highest BCUT2D eigenvalue weighted by molar-refractivity contribution is 9.10. The van der Waals surface area contributed by atoms with Crippen LogP contribution in [-0.4, -0.2) is 44.0 Å². The highest BCUT2D eigenvalue weighted by Crippen LogP contribution is 2.37. The van der Waals surface area contributed by atoms with Crippen molar-refractivity contribution in [1.82, 2.24) is 4.98 Å². The SMILES string of the molecule is COC(=O)c1cc(C(N)=S)ccc1-c1ccccc1[N+](=O)[O-].O=C(O)c1cc(-c2nc(-c3cccc(Br)c3)cs2)ccc1-c1ccccc1[N+](=O)[O-]. The Balaban J connectivity index is 0.000000212. The fraction of sp³-hybridized carbons (Fsp3) is 0.0270. The van der Waals surface area contributed by atoms with Gasteiger partial charge < -0.3 is 15.6 Å². The highest BCUT2D eigenvalue weighted by atomic mass is 79.9. The Bertz CT molecular complexity index is 2380. The molecule has 12 nitrogen and oxygen atoms in total. The fourth-order valence-corrected chi connectivity index (χ4v) is 6.56. The molecule has 5 aromatic carbocycles. The summed E-state index contributed by atoms with van der Waals surface area (Å²) < 4.78 is 5.68. The Hall–Kier alpha value is -6.16. The van der Waals surface area contributed by atoms with Crippen molar-refractivity contribution in [2.75, 3.05) is 7.11 Å². The minimum absolute atomic E-state index is 0.0130. The first-order valence-corrected chi connectivity index (χ1v) is 17.1. The van der Waals surface area contributed by atoms with Gasteiger partial charge in [-0.05, 0) is 36.4 Å². The average molecular weight is 798 g/mol. The zero-order chi connectivity index (χ0) is 37.5. The second kappa shape index (κ2) is 16.2. The molecular formula is C37H25BrN4O8S2. The molecule has 0 saturated heterocycles. The number of nitro groups is 2. The zero-order valence-electron chi connectivity index (χ0n) is 26.9. The van der Waals surface area contributed by atoms with Gasteiger partial charge in [-0.15, -0.1) is 11.3 Å². The maximum absolute atomic E-state index is 12.0. The quantitative estimate of drug-likeness (QED) is 0.0614. The van der Waals surface area contributed by atoms with Crippen molar-refractivity contribution in [2.24, 2.45) is 5.73 Å². The first kappa shape index (κ1) is 37.1. The zero-order valence-corrected chi connectivity index (χ0v) is 30.1. The van der Waals surface area contributed by atoms with Crippen molar-refractivity contribution in [2.45, 2.75) is 0 Å². The van der Waals surface area contributed by atoms with Gasteiger partial charge in [-0.1, -0.05) is 88.8 Å².